The van der Waals surface area contributed by atoms with E-state index in [1.54, 1.807) is 18.7 Å². The lowest BCUT2D eigenvalue weighted by atomic mass is 10.1. The van der Waals surface area contributed by atoms with Crippen LogP contribution >= 0.6 is 0 Å². The van der Waals surface area contributed by atoms with Crippen molar-refractivity contribution >= 4 is 17.8 Å². The number of aryl methyl sites for hydroxylation is 1. The summed E-state index contributed by atoms with van der Waals surface area (Å²) < 4.78 is 10.0. The van der Waals surface area contributed by atoms with E-state index in [1.807, 2.05) is 37.3 Å². The molecule has 162 valence electrons. The highest BCUT2D eigenvalue weighted by Gasteiger charge is 2.23. The van der Waals surface area contributed by atoms with Crippen LogP contribution in [0.1, 0.15) is 44.6 Å². The number of carbonyl (C=O) groups is 3. The van der Waals surface area contributed by atoms with E-state index < -0.39 is 11.9 Å². The molecule has 0 aliphatic rings. The first-order chi connectivity index (χ1) is 14.4. The molecule has 0 aliphatic carbocycles. The molecule has 0 aliphatic heterocycles. The molecule has 1 aromatic heterocycles. The van der Waals surface area contributed by atoms with Crippen molar-refractivity contribution in [2.45, 2.75) is 27.3 Å². The van der Waals surface area contributed by atoms with Crippen LogP contribution < -0.4 is 5.32 Å². The zero-order chi connectivity index (χ0) is 22.1. The highest BCUT2D eigenvalue weighted by Crippen LogP contribution is 2.19. The normalized spacial score (nSPS) is 10.5. The molecular weight excluding hydrogens is 386 g/mol. The summed E-state index contributed by atoms with van der Waals surface area (Å²) in [5, 5.41) is 2.64. The Morgan fingerprint density at radius 2 is 1.80 bits per heavy atom. The van der Waals surface area contributed by atoms with Crippen LogP contribution in [0.2, 0.25) is 0 Å². The molecule has 8 heteroatoms. The van der Waals surface area contributed by atoms with Gasteiger partial charge in [-0.15, -0.1) is 0 Å². The predicted octanol–water partition coefficient (Wildman–Crippen LogP) is 2.21. The fourth-order valence-corrected chi connectivity index (χ4v) is 3.11. The fraction of sp³-hybridized carbons (Fsp3) is 0.409. The summed E-state index contributed by atoms with van der Waals surface area (Å²) in [6, 6.07) is 9.66. The third-order valence-corrected chi connectivity index (χ3v) is 4.74. The van der Waals surface area contributed by atoms with Gasteiger partial charge in [0.2, 0.25) is 5.91 Å². The van der Waals surface area contributed by atoms with Crippen molar-refractivity contribution in [1.29, 1.82) is 0 Å². The van der Waals surface area contributed by atoms with E-state index in [4.69, 9.17) is 9.47 Å². The number of aromatic nitrogens is 1. The monoisotopic (exact) mass is 415 g/mol. The summed E-state index contributed by atoms with van der Waals surface area (Å²) in [7, 11) is 1.52. The highest BCUT2D eigenvalue weighted by atomic mass is 16.6. The average Bonchev–Trinajstić information content (AvgIpc) is 3.04. The Kier molecular flexibility index (Phi) is 8.61. The van der Waals surface area contributed by atoms with E-state index in [1.165, 1.54) is 7.11 Å². The van der Waals surface area contributed by atoms with Crippen molar-refractivity contribution in [3.05, 3.63) is 58.4 Å². The van der Waals surface area contributed by atoms with Crippen molar-refractivity contribution in [1.82, 2.24) is 15.2 Å². The van der Waals surface area contributed by atoms with Crippen LogP contribution in [0.15, 0.2) is 30.3 Å². The molecule has 2 amide bonds. The quantitative estimate of drug-likeness (QED) is 0.458. The number of likely N-dealkylation sites (N-methyl/N-ethyl adjacent to an activating group) is 1. The molecule has 0 unspecified atom stereocenters. The third-order valence-electron chi connectivity index (χ3n) is 4.74. The number of benzene rings is 1. The second kappa shape index (κ2) is 11.2. The molecule has 0 saturated carbocycles. The lowest BCUT2D eigenvalue weighted by molar-refractivity contribution is -0.130. The number of hydrogen-bond donors (Lipinski definition) is 2. The molecule has 0 bridgehead atoms. The highest BCUT2D eigenvalue weighted by molar-refractivity contribution is 6.01. The van der Waals surface area contributed by atoms with E-state index in [-0.39, 0.29) is 24.8 Å². The molecule has 1 aromatic carbocycles. The Labute approximate surface area is 176 Å². The van der Waals surface area contributed by atoms with Gasteiger partial charge in [-0.3, -0.25) is 9.59 Å². The van der Waals surface area contributed by atoms with Crippen molar-refractivity contribution in [2.75, 3.05) is 33.4 Å². The molecule has 0 atom stereocenters. The second-order valence-electron chi connectivity index (χ2n) is 6.83. The van der Waals surface area contributed by atoms with Gasteiger partial charge in [0.1, 0.15) is 12.3 Å². The van der Waals surface area contributed by atoms with Gasteiger partial charge in [0.05, 0.1) is 18.7 Å². The first kappa shape index (κ1) is 23.2. The molecule has 8 nitrogen and oxygen atoms in total. The summed E-state index contributed by atoms with van der Waals surface area (Å²) >= 11 is 0. The van der Waals surface area contributed by atoms with Gasteiger partial charge < -0.3 is 24.7 Å². The molecule has 0 spiro atoms. The summed E-state index contributed by atoms with van der Waals surface area (Å²) in [5.74, 6) is -1.15. The predicted molar refractivity (Wildman–Crippen MR) is 112 cm³/mol. The number of H-pyrrole nitrogens is 1. The zero-order valence-electron chi connectivity index (χ0n) is 17.9. The lowest BCUT2D eigenvalue weighted by Gasteiger charge is -2.21. The largest absolute Gasteiger partial charge is 0.460 e. The van der Waals surface area contributed by atoms with Gasteiger partial charge in [-0.1, -0.05) is 30.3 Å². The average molecular weight is 415 g/mol. The van der Waals surface area contributed by atoms with E-state index in [9.17, 15) is 14.4 Å². The summed E-state index contributed by atoms with van der Waals surface area (Å²) in [6.45, 7) is 6.55. The number of hydrogen-bond acceptors (Lipinski definition) is 5. The number of nitrogens with zero attached hydrogens (tertiary/aromatic N) is 1. The topological polar surface area (TPSA) is 101 Å². The van der Waals surface area contributed by atoms with Crippen molar-refractivity contribution in [3.63, 3.8) is 0 Å². The third kappa shape index (κ3) is 5.93. The Hall–Kier alpha value is -3.13. The second-order valence-corrected chi connectivity index (χ2v) is 6.83. The molecule has 2 aromatic rings. The Bertz CT molecular complexity index is 876. The van der Waals surface area contributed by atoms with E-state index >= 15 is 0 Å². The molecular formula is C22H29N3O5. The Morgan fingerprint density at radius 1 is 1.10 bits per heavy atom. The van der Waals surface area contributed by atoms with Crippen molar-refractivity contribution in [2.24, 2.45) is 0 Å². The SMILES string of the molecule is CCN(Cc1ccccc1)C(=O)CNC(=O)c1[nH]c(C)c(C(=O)OCCOC)c1C. The first-order valence-electron chi connectivity index (χ1n) is 9.84. The smallest absolute Gasteiger partial charge is 0.340 e. The number of ether oxygens (including phenoxy) is 2. The number of amides is 2. The number of aromatic amines is 1. The summed E-state index contributed by atoms with van der Waals surface area (Å²) in [5.41, 5.74) is 2.60. The van der Waals surface area contributed by atoms with Gasteiger partial charge in [0.15, 0.2) is 0 Å². The van der Waals surface area contributed by atoms with Crippen LogP contribution in [-0.2, 0) is 20.8 Å². The van der Waals surface area contributed by atoms with Crippen molar-refractivity contribution < 1.29 is 23.9 Å². The molecule has 2 rings (SSSR count). The van der Waals surface area contributed by atoms with Gasteiger partial charge in [0, 0.05) is 25.9 Å². The van der Waals surface area contributed by atoms with Gasteiger partial charge in [-0.25, -0.2) is 4.79 Å². The number of methoxy groups -OCH3 is 1. The first-order valence-corrected chi connectivity index (χ1v) is 9.84. The molecule has 2 N–H and O–H groups in total. The van der Waals surface area contributed by atoms with Gasteiger partial charge in [-0.05, 0) is 31.9 Å². The van der Waals surface area contributed by atoms with Crippen LogP contribution in [0.4, 0.5) is 0 Å². The van der Waals surface area contributed by atoms with Crippen molar-refractivity contribution in [3.8, 4) is 0 Å². The summed E-state index contributed by atoms with van der Waals surface area (Å²) in [4.78, 5) is 42.0. The maximum Gasteiger partial charge on any atom is 0.340 e. The molecule has 0 fully saturated rings. The van der Waals surface area contributed by atoms with Crippen LogP contribution in [0.25, 0.3) is 0 Å². The maximum absolute atomic E-state index is 12.6. The minimum absolute atomic E-state index is 0.129. The molecule has 0 radical (unpaired) electrons. The van der Waals surface area contributed by atoms with Crippen LogP contribution in [0.3, 0.4) is 0 Å². The van der Waals surface area contributed by atoms with Crippen LogP contribution in [-0.4, -0.2) is 61.1 Å². The van der Waals surface area contributed by atoms with Gasteiger partial charge in [0.25, 0.3) is 5.91 Å². The van der Waals surface area contributed by atoms with E-state index in [0.29, 0.717) is 36.5 Å². The Morgan fingerprint density at radius 3 is 2.43 bits per heavy atom. The van der Waals surface area contributed by atoms with Gasteiger partial charge >= 0.3 is 5.97 Å². The van der Waals surface area contributed by atoms with Crippen LogP contribution in [0.5, 0.6) is 0 Å². The molecule has 1 heterocycles. The fourth-order valence-electron chi connectivity index (χ4n) is 3.11. The van der Waals surface area contributed by atoms with E-state index in [0.717, 1.165) is 5.56 Å². The van der Waals surface area contributed by atoms with E-state index in [2.05, 4.69) is 10.3 Å². The number of nitrogens with one attached hydrogen (secondary N) is 2. The van der Waals surface area contributed by atoms with Crippen LogP contribution in [0, 0.1) is 13.8 Å². The van der Waals surface area contributed by atoms with Gasteiger partial charge in [-0.2, -0.15) is 0 Å². The minimum atomic E-state index is -0.520. The lowest BCUT2D eigenvalue weighted by Crippen LogP contribution is -2.40. The standard InChI is InChI=1S/C22H29N3O5/c1-5-25(14-17-9-7-6-8-10-17)18(26)13-23-21(27)20-15(2)19(16(3)24-20)22(28)30-12-11-29-4/h6-10,24H,5,11-14H2,1-4H3,(H,23,27). The minimum Gasteiger partial charge on any atom is -0.460 e. The molecule has 0 saturated heterocycles. The number of rotatable bonds is 10. The molecule has 30 heavy (non-hydrogen) atoms. The number of esters is 1. The Balaban J connectivity index is 1.99. The zero-order valence-corrected chi connectivity index (χ0v) is 17.9. The maximum atomic E-state index is 12.6. The summed E-state index contributed by atoms with van der Waals surface area (Å²) in [6.07, 6.45) is 0. The number of carbonyl (C=O) groups excluding carboxylic acids is 3.